The molecule has 0 bridgehead atoms. The van der Waals surface area contributed by atoms with Crippen LogP contribution in [0.25, 0.3) is 0 Å². The van der Waals surface area contributed by atoms with Crippen LogP contribution in [0.2, 0.25) is 0 Å². The summed E-state index contributed by atoms with van der Waals surface area (Å²) in [4.78, 5) is 21.7. The first kappa shape index (κ1) is 19.0. The molecule has 1 atom stereocenters. The van der Waals surface area contributed by atoms with Crippen LogP contribution in [0.3, 0.4) is 0 Å². The number of benzene rings is 2. The molecule has 0 saturated carbocycles. The van der Waals surface area contributed by atoms with Crippen molar-refractivity contribution in [2.45, 2.75) is 13.0 Å². The molecule has 148 valence electrons. The van der Waals surface area contributed by atoms with Gasteiger partial charge in [0.2, 0.25) is 0 Å². The second-order valence-corrected chi connectivity index (χ2v) is 7.32. The summed E-state index contributed by atoms with van der Waals surface area (Å²) in [5, 5.41) is 3.01. The summed E-state index contributed by atoms with van der Waals surface area (Å²) in [7, 11) is 0. The lowest BCUT2D eigenvalue weighted by molar-refractivity contribution is 0.0935. The van der Waals surface area contributed by atoms with Crippen molar-refractivity contribution in [3.63, 3.8) is 0 Å². The van der Waals surface area contributed by atoms with Crippen LogP contribution in [0, 0.1) is 0 Å². The van der Waals surface area contributed by atoms with Crippen LogP contribution in [0.5, 0.6) is 0 Å². The van der Waals surface area contributed by atoms with Crippen LogP contribution in [0.4, 0.5) is 11.4 Å². The zero-order valence-corrected chi connectivity index (χ0v) is 16.7. The van der Waals surface area contributed by atoms with Crippen molar-refractivity contribution in [1.82, 2.24) is 10.3 Å². The van der Waals surface area contributed by atoms with Crippen molar-refractivity contribution in [1.29, 1.82) is 0 Å². The molecule has 0 radical (unpaired) electrons. The van der Waals surface area contributed by atoms with Gasteiger partial charge in [0.05, 0.1) is 17.9 Å². The Hall–Kier alpha value is -3.34. The van der Waals surface area contributed by atoms with Gasteiger partial charge >= 0.3 is 0 Å². The lowest BCUT2D eigenvalue weighted by Crippen LogP contribution is -2.46. The van der Waals surface area contributed by atoms with Gasteiger partial charge in [0.1, 0.15) is 5.69 Å². The fraction of sp³-hybridized carbons (Fsp3) is 0.250. The van der Waals surface area contributed by atoms with Gasteiger partial charge in [0.25, 0.3) is 5.91 Å². The number of carbonyl (C=O) groups excluding carboxylic acids is 1. The molecule has 1 saturated heterocycles. The largest absolute Gasteiger partial charge is 0.368 e. The maximum atomic E-state index is 12.5. The number of pyridine rings is 1. The topological polar surface area (TPSA) is 48.5 Å². The highest BCUT2D eigenvalue weighted by molar-refractivity contribution is 5.92. The molecule has 1 N–H and O–H groups in total. The Labute approximate surface area is 172 Å². The standard InChI is InChI=1S/C24H26N4O/c1-19(20-8-4-2-5-9-20)26-24(29)23-13-12-22(18-25-23)28-16-14-27(15-17-28)21-10-6-3-7-11-21/h2-13,18-19H,14-17H2,1H3,(H,26,29). The Kier molecular flexibility index (Phi) is 5.75. The van der Waals surface area contributed by atoms with Gasteiger partial charge in [-0.3, -0.25) is 4.79 Å². The molecule has 0 aliphatic carbocycles. The molecule has 3 aromatic rings. The predicted octanol–water partition coefficient (Wildman–Crippen LogP) is 3.90. The van der Waals surface area contributed by atoms with Crippen molar-refractivity contribution in [2.24, 2.45) is 0 Å². The van der Waals surface area contributed by atoms with E-state index in [1.807, 2.05) is 55.5 Å². The van der Waals surface area contributed by atoms with E-state index in [1.165, 1.54) is 5.69 Å². The maximum absolute atomic E-state index is 12.5. The number of para-hydroxylation sites is 1. The van der Waals surface area contributed by atoms with Crippen LogP contribution in [0.15, 0.2) is 79.0 Å². The summed E-state index contributed by atoms with van der Waals surface area (Å²) in [5.41, 5.74) is 3.85. The molecule has 1 unspecified atom stereocenters. The Morgan fingerprint density at radius 2 is 1.41 bits per heavy atom. The van der Waals surface area contributed by atoms with Gasteiger partial charge in [-0.2, -0.15) is 0 Å². The van der Waals surface area contributed by atoms with Gasteiger partial charge in [0.15, 0.2) is 0 Å². The van der Waals surface area contributed by atoms with E-state index in [-0.39, 0.29) is 11.9 Å². The molecule has 29 heavy (non-hydrogen) atoms. The van der Waals surface area contributed by atoms with Crippen LogP contribution < -0.4 is 15.1 Å². The number of rotatable bonds is 5. The number of anilines is 2. The molecule has 1 aliphatic rings. The third kappa shape index (κ3) is 4.57. The molecule has 1 aliphatic heterocycles. The molecule has 1 fully saturated rings. The van der Waals surface area contributed by atoms with E-state index < -0.39 is 0 Å². The lowest BCUT2D eigenvalue weighted by Gasteiger charge is -2.37. The molecule has 0 spiro atoms. The first-order chi connectivity index (χ1) is 14.2. The SMILES string of the molecule is CC(NC(=O)c1ccc(N2CCN(c3ccccc3)CC2)cn1)c1ccccc1. The van der Waals surface area contributed by atoms with E-state index in [9.17, 15) is 4.79 Å². The number of amides is 1. The first-order valence-electron chi connectivity index (χ1n) is 10.1. The van der Waals surface area contributed by atoms with Crippen LogP contribution in [0.1, 0.15) is 29.0 Å². The van der Waals surface area contributed by atoms with Gasteiger partial charge in [-0.05, 0) is 36.8 Å². The molecule has 1 amide bonds. The van der Waals surface area contributed by atoms with Crippen LogP contribution in [-0.4, -0.2) is 37.1 Å². The van der Waals surface area contributed by atoms with Crippen molar-refractivity contribution < 1.29 is 4.79 Å². The average molecular weight is 386 g/mol. The summed E-state index contributed by atoms with van der Waals surface area (Å²) in [6.45, 7) is 5.80. The summed E-state index contributed by atoms with van der Waals surface area (Å²) >= 11 is 0. The zero-order chi connectivity index (χ0) is 20.1. The number of hydrogen-bond donors (Lipinski definition) is 1. The van der Waals surface area contributed by atoms with Gasteiger partial charge in [-0.15, -0.1) is 0 Å². The highest BCUT2D eigenvalue weighted by Gasteiger charge is 2.18. The normalized spacial score (nSPS) is 15.1. The summed E-state index contributed by atoms with van der Waals surface area (Å²) in [6.07, 6.45) is 1.81. The number of nitrogens with zero attached hydrogens (tertiary/aromatic N) is 3. The summed E-state index contributed by atoms with van der Waals surface area (Å²) < 4.78 is 0. The number of piperazine rings is 1. The van der Waals surface area contributed by atoms with Crippen molar-refractivity contribution in [2.75, 3.05) is 36.0 Å². The van der Waals surface area contributed by atoms with E-state index in [0.29, 0.717) is 5.69 Å². The average Bonchev–Trinajstić information content (AvgIpc) is 2.80. The van der Waals surface area contributed by atoms with Gasteiger partial charge in [-0.25, -0.2) is 4.98 Å². The second kappa shape index (κ2) is 8.78. The van der Waals surface area contributed by atoms with Crippen molar-refractivity contribution >= 4 is 17.3 Å². The number of carbonyl (C=O) groups is 1. The van der Waals surface area contributed by atoms with Gasteiger partial charge < -0.3 is 15.1 Å². The minimum atomic E-state index is -0.151. The summed E-state index contributed by atoms with van der Waals surface area (Å²) in [5.74, 6) is -0.151. The quantitative estimate of drug-likeness (QED) is 0.723. The first-order valence-corrected chi connectivity index (χ1v) is 10.1. The maximum Gasteiger partial charge on any atom is 0.270 e. The van der Waals surface area contributed by atoms with Crippen molar-refractivity contribution in [3.8, 4) is 0 Å². The fourth-order valence-corrected chi connectivity index (χ4v) is 3.66. The van der Waals surface area contributed by atoms with E-state index in [2.05, 4.69) is 44.4 Å². The van der Waals surface area contributed by atoms with Crippen LogP contribution in [-0.2, 0) is 0 Å². The third-order valence-corrected chi connectivity index (χ3v) is 5.39. The minimum absolute atomic E-state index is 0.0590. The Balaban J connectivity index is 1.34. The molecular weight excluding hydrogens is 360 g/mol. The van der Waals surface area contributed by atoms with E-state index in [4.69, 9.17) is 0 Å². The van der Waals surface area contributed by atoms with E-state index >= 15 is 0 Å². The summed E-state index contributed by atoms with van der Waals surface area (Å²) in [6, 6.07) is 24.2. The van der Waals surface area contributed by atoms with Gasteiger partial charge in [0, 0.05) is 31.9 Å². The molecular formula is C24H26N4O. The van der Waals surface area contributed by atoms with E-state index in [1.54, 1.807) is 6.20 Å². The molecule has 4 rings (SSSR count). The number of hydrogen-bond acceptors (Lipinski definition) is 4. The Morgan fingerprint density at radius 1 is 0.828 bits per heavy atom. The second-order valence-electron chi connectivity index (χ2n) is 7.32. The van der Waals surface area contributed by atoms with Crippen LogP contribution >= 0.6 is 0 Å². The Morgan fingerprint density at radius 3 is 2.00 bits per heavy atom. The highest BCUT2D eigenvalue weighted by Crippen LogP contribution is 2.20. The molecule has 2 heterocycles. The number of aromatic nitrogens is 1. The molecule has 1 aromatic heterocycles. The van der Waals surface area contributed by atoms with E-state index in [0.717, 1.165) is 37.4 Å². The highest BCUT2D eigenvalue weighted by atomic mass is 16.1. The molecule has 5 heteroatoms. The molecule has 2 aromatic carbocycles. The van der Waals surface area contributed by atoms with Crippen molar-refractivity contribution in [3.05, 3.63) is 90.3 Å². The Bertz CT molecular complexity index is 920. The predicted molar refractivity (Wildman–Crippen MR) is 117 cm³/mol. The third-order valence-electron chi connectivity index (χ3n) is 5.39. The molecule has 5 nitrogen and oxygen atoms in total. The fourth-order valence-electron chi connectivity index (χ4n) is 3.66. The minimum Gasteiger partial charge on any atom is -0.368 e. The van der Waals surface area contributed by atoms with Gasteiger partial charge in [-0.1, -0.05) is 48.5 Å². The monoisotopic (exact) mass is 386 g/mol. The number of nitrogens with one attached hydrogen (secondary N) is 1. The zero-order valence-electron chi connectivity index (χ0n) is 16.7. The lowest BCUT2D eigenvalue weighted by atomic mass is 10.1. The smallest absolute Gasteiger partial charge is 0.270 e.